The van der Waals surface area contributed by atoms with Gasteiger partial charge in [-0.25, -0.2) is 13.1 Å². The highest BCUT2D eigenvalue weighted by Gasteiger charge is 2.24. The van der Waals surface area contributed by atoms with Crippen molar-refractivity contribution in [2.75, 3.05) is 18.5 Å². The molecule has 0 bridgehead atoms. The molecule has 0 aromatic heterocycles. The van der Waals surface area contributed by atoms with Crippen molar-refractivity contribution < 1.29 is 13.2 Å². The van der Waals surface area contributed by atoms with Crippen LogP contribution in [0.5, 0.6) is 0 Å². The molecule has 2 N–H and O–H groups in total. The Bertz CT molecular complexity index is 543. The van der Waals surface area contributed by atoms with Crippen LogP contribution in [0.3, 0.4) is 0 Å². The third kappa shape index (κ3) is 4.69. The summed E-state index contributed by atoms with van der Waals surface area (Å²) < 4.78 is 32.9. The number of hydrogen-bond acceptors (Lipinski definition) is 4. The van der Waals surface area contributed by atoms with Gasteiger partial charge in [0.05, 0.1) is 11.0 Å². The van der Waals surface area contributed by atoms with Gasteiger partial charge in [0.15, 0.2) is 0 Å². The average Bonchev–Trinajstić information content (AvgIpc) is 2.45. The summed E-state index contributed by atoms with van der Waals surface area (Å²) in [5, 5.41) is 3.23. The van der Waals surface area contributed by atoms with E-state index < -0.39 is 10.0 Å². The van der Waals surface area contributed by atoms with Gasteiger partial charge in [-0.3, -0.25) is 0 Å². The van der Waals surface area contributed by atoms with E-state index in [1.54, 1.807) is 24.3 Å². The molecule has 0 aliphatic carbocycles. The number of benzene rings is 1. The Morgan fingerprint density at radius 3 is 2.62 bits per heavy atom. The van der Waals surface area contributed by atoms with Crippen LogP contribution in [0.2, 0.25) is 0 Å². The van der Waals surface area contributed by atoms with E-state index in [9.17, 15) is 8.42 Å². The molecule has 2 rings (SSSR count). The molecule has 1 saturated heterocycles. The molecule has 0 radical (unpaired) electrons. The highest BCUT2D eigenvalue weighted by Crippen LogP contribution is 2.18. The highest BCUT2D eigenvalue weighted by molar-refractivity contribution is 7.89. The van der Waals surface area contributed by atoms with Gasteiger partial charge in [0.25, 0.3) is 0 Å². The van der Waals surface area contributed by atoms with Crippen LogP contribution in [0.4, 0.5) is 5.69 Å². The molecule has 2 atom stereocenters. The number of anilines is 1. The van der Waals surface area contributed by atoms with Gasteiger partial charge in [-0.15, -0.1) is 0 Å². The van der Waals surface area contributed by atoms with Crippen molar-refractivity contribution >= 4 is 15.7 Å². The summed E-state index contributed by atoms with van der Waals surface area (Å²) in [4.78, 5) is 0.309. The van der Waals surface area contributed by atoms with E-state index in [1.165, 1.54) is 0 Å². The average molecular weight is 312 g/mol. The van der Waals surface area contributed by atoms with Crippen molar-refractivity contribution in [3.8, 4) is 0 Å². The van der Waals surface area contributed by atoms with Crippen LogP contribution >= 0.6 is 0 Å². The first-order chi connectivity index (χ1) is 10.0. The zero-order valence-electron chi connectivity index (χ0n) is 12.6. The maximum Gasteiger partial charge on any atom is 0.240 e. The van der Waals surface area contributed by atoms with Crippen molar-refractivity contribution in [2.24, 2.45) is 0 Å². The Labute approximate surface area is 127 Å². The Balaban J connectivity index is 2.01. The topological polar surface area (TPSA) is 67.4 Å². The van der Waals surface area contributed by atoms with Crippen LogP contribution < -0.4 is 10.0 Å². The van der Waals surface area contributed by atoms with Crippen LogP contribution in [0.15, 0.2) is 29.2 Å². The van der Waals surface area contributed by atoms with Gasteiger partial charge in [-0.2, -0.15) is 0 Å². The molecule has 1 fully saturated rings. The lowest BCUT2D eigenvalue weighted by molar-refractivity contribution is 0.0173. The van der Waals surface area contributed by atoms with Crippen LogP contribution in [0.1, 0.15) is 33.1 Å². The quantitative estimate of drug-likeness (QED) is 0.846. The second-order valence-corrected chi connectivity index (χ2v) is 7.19. The summed E-state index contributed by atoms with van der Waals surface area (Å²) in [6.45, 7) is 5.54. The molecule has 2 unspecified atom stereocenters. The molecule has 1 aliphatic heterocycles. The minimum atomic E-state index is -3.45. The number of hydrogen-bond donors (Lipinski definition) is 2. The van der Waals surface area contributed by atoms with Crippen LogP contribution in [-0.4, -0.2) is 33.7 Å². The first kappa shape index (κ1) is 16.3. The minimum absolute atomic E-state index is 0.0448. The summed E-state index contributed by atoms with van der Waals surface area (Å²) >= 11 is 0. The zero-order chi connectivity index (χ0) is 15.3. The summed E-state index contributed by atoms with van der Waals surface area (Å²) in [5.41, 5.74) is 0.940. The fourth-order valence-corrected chi connectivity index (χ4v) is 3.70. The van der Waals surface area contributed by atoms with E-state index in [0.717, 1.165) is 31.5 Å². The van der Waals surface area contributed by atoms with Crippen molar-refractivity contribution in [3.05, 3.63) is 24.3 Å². The fourth-order valence-electron chi connectivity index (χ4n) is 2.41. The third-order valence-corrected chi connectivity index (χ3v) is 5.09. The maximum atomic E-state index is 12.4. The lowest BCUT2D eigenvalue weighted by Crippen LogP contribution is -2.41. The fraction of sp³-hybridized carbons (Fsp3) is 0.600. The van der Waals surface area contributed by atoms with E-state index in [2.05, 4.69) is 17.0 Å². The van der Waals surface area contributed by atoms with Crippen molar-refractivity contribution in [1.29, 1.82) is 0 Å². The molecule has 1 aromatic carbocycles. The van der Waals surface area contributed by atoms with E-state index in [0.29, 0.717) is 11.5 Å². The first-order valence-electron chi connectivity index (χ1n) is 7.49. The van der Waals surface area contributed by atoms with Gasteiger partial charge in [-0.1, -0.05) is 6.92 Å². The number of sulfonamides is 1. The number of ether oxygens (including phenoxy) is 1. The molecule has 1 aliphatic rings. The Morgan fingerprint density at radius 1 is 1.29 bits per heavy atom. The molecule has 5 nitrogen and oxygen atoms in total. The molecule has 118 valence electrons. The van der Waals surface area contributed by atoms with E-state index in [1.807, 2.05) is 6.92 Å². The smallest absolute Gasteiger partial charge is 0.240 e. The van der Waals surface area contributed by atoms with Crippen molar-refractivity contribution in [3.63, 3.8) is 0 Å². The first-order valence-corrected chi connectivity index (χ1v) is 8.97. The maximum absolute atomic E-state index is 12.4. The molecular formula is C15H24N2O3S. The van der Waals surface area contributed by atoms with E-state index in [4.69, 9.17) is 4.74 Å². The second-order valence-electron chi connectivity index (χ2n) is 5.48. The van der Waals surface area contributed by atoms with Crippen molar-refractivity contribution in [2.45, 2.75) is 50.2 Å². The Morgan fingerprint density at radius 2 is 2.00 bits per heavy atom. The molecule has 0 saturated carbocycles. The summed E-state index contributed by atoms with van der Waals surface area (Å²) in [6, 6.07) is 6.84. The highest BCUT2D eigenvalue weighted by atomic mass is 32.2. The predicted molar refractivity (Wildman–Crippen MR) is 84.0 cm³/mol. The molecule has 0 spiro atoms. The molecule has 21 heavy (non-hydrogen) atoms. The van der Waals surface area contributed by atoms with Crippen LogP contribution in [-0.2, 0) is 14.8 Å². The van der Waals surface area contributed by atoms with Gasteiger partial charge in [-0.05, 0) is 50.5 Å². The standard InChI is InChI=1S/C15H24N2O3S/c1-3-9-16-13-4-6-15(7-5-13)21(18,19)17-14-8-10-20-12(2)11-14/h4-7,12,14,16-17H,3,8-11H2,1-2H3. The summed E-state index contributed by atoms with van der Waals surface area (Å²) in [5.74, 6) is 0. The van der Waals surface area contributed by atoms with Gasteiger partial charge >= 0.3 is 0 Å². The normalized spacial score (nSPS) is 23.0. The summed E-state index contributed by atoms with van der Waals surface area (Å²) in [7, 11) is -3.45. The predicted octanol–water partition coefficient (Wildman–Crippen LogP) is 2.35. The molecule has 1 heterocycles. The molecule has 1 aromatic rings. The van der Waals surface area contributed by atoms with Gasteiger partial charge in [0, 0.05) is 24.9 Å². The number of nitrogens with one attached hydrogen (secondary N) is 2. The lowest BCUT2D eigenvalue weighted by Gasteiger charge is -2.27. The third-order valence-electron chi connectivity index (χ3n) is 3.55. The Hall–Kier alpha value is -1.11. The zero-order valence-corrected chi connectivity index (χ0v) is 13.4. The second kappa shape index (κ2) is 7.24. The summed E-state index contributed by atoms with van der Waals surface area (Å²) in [6.07, 6.45) is 2.57. The largest absolute Gasteiger partial charge is 0.385 e. The Kier molecular flexibility index (Phi) is 5.61. The van der Waals surface area contributed by atoms with Crippen molar-refractivity contribution in [1.82, 2.24) is 4.72 Å². The van der Waals surface area contributed by atoms with Gasteiger partial charge in [0.2, 0.25) is 10.0 Å². The van der Waals surface area contributed by atoms with E-state index in [-0.39, 0.29) is 12.1 Å². The van der Waals surface area contributed by atoms with Gasteiger partial charge in [0.1, 0.15) is 0 Å². The van der Waals surface area contributed by atoms with Crippen LogP contribution in [0, 0.1) is 0 Å². The molecule has 6 heteroatoms. The molecule has 0 amide bonds. The van der Waals surface area contributed by atoms with E-state index >= 15 is 0 Å². The molecular weight excluding hydrogens is 288 g/mol. The SMILES string of the molecule is CCCNc1ccc(S(=O)(=O)NC2CCOC(C)C2)cc1. The minimum Gasteiger partial charge on any atom is -0.385 e. The van der Waals surface area contributed by atoms with Crippen LogP contribution in [0.25, 0.3) is 0 Å². The number of rotatable bonds is 6. The lowest BCUT2D eigenvalue weighted by atomic mass is 10.1. The monoisotopic (exact) mass is 312 g/mol. The van der Waals surface area contributed by atoms with Gasteiger partial charge < -0.3 is 10.1 Å².